The Balaban J connectivity index is 2.18. The van der Waals surface area contributed by atoms with Crippen molar-refractivity contribution in [2.24, 2.45) is 0 Å². The predicted molar refractivity (Wildman–Crippen MR) is 129 cm³/mol. The Bertz CT molecular complexity index is 897. The predicted octanol–water partition coefficient (Wildman–Crippen LogP) is 6.96. The van der Waals surface area contributed by atoms with E-state index in [1.54, 1.807) is 0 Å². The first kappa shape index (κ1) is 23.3. The molecule has 0 aliphatic carbocycles. The summed E-state index contributed by atoms with van der Waals surface area (Å²) in [5.41, 5.74) is 5.64. The first-order valence-electron chi connectivity index (χ1n) is 10.3. The van der Waals surface area contributed by atoms with Crippen molar-refractivity contribution in [1.82, 2.24) is 0 Å². The highest BCUT2D eigenvalue weighted by Crippen LogP contribution is 2.35. The van der Waals surface area contributed by atoms with Crippen LogP contribution in [-0.2, 0) is 10.8 Å². The maximum absolute atomic E-state index is 7.61. The smallest absolute Gasteiger partial charge is 0.210 e. The maximum Gasteiger partial charge on any atom is 0.210 e. The Hall–Kier alpha value is -2.98. The second kappa shape index (κ2) is 8.80. The molecule has 0 fully saturated rings. The van der Waals surface area contributed by atoms with Crippen molar-refractivity contribution in [3.8, 4) is 0 Å². The van der Waals surface area contributed by atoms with Crippen molar-refractivity contribution < 1.29 is 0 Å². The third-order valence-corrected chi connectivity index (χ3v) is 5.52. The fourth-order valence-electron chi connectivity index (χ4n) is 3.35. The fraction of sp³-hybridized carbons (Fsp3) is 0.462. The lowest BCUT2D eigenvalue weighted by Crippen LogP contribution is -2.30. The summed E-state index contributed by atoms with van der Waals surface area (Å²) in [6, 6.07) is 12.3. The van der Waals surface area contributed by atoms with Crippen LogP contribution in [0.4, 0.5) is 22.7 Å². The third-order valence-electron chi connectivity index (χ3n) is 5.52. The molecule has 0 bridgehead atoms. The van der Waals surface area contributed by atoms with Crippen LogP contribution in [0, 0.1) is 13.1 Å². The van der Waals surface area contributed by atoms with E-state index in [1.807, 2.05) is 26.2 Å². The van der Waals surface area contributed by atoms with Gasteiger partial charge < -0.3 is 9.80 Å². The molecule has 0 amide bonds. The molecule has 0 atom stereocenters. The number of hydrogen-bond donors (Lipinski definition) is 0. The van der Waals surface area contributed by atoms with Crippen molar-refractivity contribution in [2.45, 2.75) is 52.4 Å². The summed E-state index contributed by atoms with van der Waals surface area (Å²) in [4.78, 5) is 11.8. The van der Waals surface area contributed by atoms with Crippen molar-refractivity contribution in [1.29, 1.82) is 0 Å². The molecule has 2 aromatic rings. The van der Waals surface area contributed by atoms with E-state index >= 15 is 0 Å². The number of likely N-dealkylation sites (N-methyl/N-ethyl adjacent to an activating group) is 2. The van der Waals surface area contributed by atoms with Crippen molar-refractivity contribution >= 4 is 22.7 Å². The molecular formula is C26H34N4. The molecule has 0 saturated heterocycles. The van der Waals surface area contributed by atoms with Crippen molar-refractivity contribution in [3.63, 3.8) is 0 Å². The zero-order chi connectivity index (χ0) is 22.7. The quantitative estimate of drug-likeness (QED) is 0.502. The molecule has 0 unspecified atom stereocenters. The van der Waals surface area contributed by atoms with E-state index in [-0.39, 0.29) is 10.8 Å². The van der Waals surface area contributed by atoms with Gasteiger partial charge >= 0.3 is 0 Å². The Morgan fingerprint density at radius 3 is 1.27 bits per heavy atom. The number of benzene rings is 2. The summed E-state index contributed by atoms with van der Waals surface area (Å²) in [5.74, 6) is 0. The number of nitrogens with zero attached hydrogens (tertiary/aromatic N) is 4. The molecule has 0 aliphatic rings. The minimum atomic E-state index is 0.0200. The van der Waals surface area contributed by atoms with Crippen LogP contribution in [0.5, 0.6) is 0 Å². The van der Waals surface area contributed by atoms with E-state index in [4.69, 9.17) is 13.1 Å². The summed E-state index contributed by atoms with van der Waals surface area (Å²) >= 11 is 0. The summed E-state index contributed by atoms with van der Waals surface area (Å²) in [5, 5.41) is 0. The molecular weight excluding hydrogens is 368 g/mol. The topological polar surface area (TPSA) is 15.2 Å². The van der Waals surface area contributed by atoms with Gasteiger partial charge in [0, 0.05) is 38.6 Å². The number of anilines is 2. The van der Waals surface area contributed by atoms with Crippen molar-refractivity contribution in [2.75, 3.05) is 37.0 Å². The molecule has 0 spiro atoms. The monoisotopic (exact) mass is 402 g/mol. The molecule has 0 N–H and O–H groups in total. The summed E-state index contributed by atoms with van der Waals surface area (Å²) in [6.07, 6.45) is 0. The molecule has 4 heteroatoms. The lowest BCUT2D eigenvalue weighted by atomic mass is 9.86. The van der Waals surface area contributed by atoms with Gasteiger partial charge in [-0.3, -0.25) is 0 Å². The first-order chi connectivity index (χ1) is 13.9. The van der Waals surface area contributed by atoms with E-state index < -0.39 is 0 Å². The van der Waals surface area contributed by atoms with E-state index in [0.29, 0.717) is 11.4 Å². The van der Waals surface area contributed by atoms with Gasteiger partial charge in [0.1, 0.15) is 0 Å². The SMILES string of the molecule is [C-]#[N+]c1cc(C(C)(C)C)ccc1N(C)CCN(C)c1ccc(C(C)(C)C)cc1[N+]#[C-]. The molecule has 4 nitrogen and oxygen atoms in total. The fourth-order valence-corrected chi connectivity index (χ4v) is 3.35. The van der Waals surface area contributed by atoms with Crippen LogP contribution in [-0.4, -0.2) is 27.2 Å². The van der Waals surface area contributed by atoms with Crippen LogP contribution in [0.1, 0.15) is 52.7 Å². The second-order valence-electron chi connectivity index (χ2n) is 9.97. The lowest BCUT2D eigenvalue weighted by Gasteiger charge is -2.28. The minimum Gasteiger partial charge on any atom is -0.382 e. The van der Waals surface area contributed by atoms with E-state index in [0.717, 1.165) is 24.5 Å². The molecule has 0 aliphatic heterocycles. The molecule has 0 heterocycles. The van der Waals surface area contributed by atoms with E-state index in [1.165, 1.54) is 11.1 Å². The van der Waals surface area contributed by atoms with Crippen LogP contribution in [0.15, 0.2) is 36.4 Å². The zero-order valence-electron chi connectivity index (χ0n) is 19.7. The van der Waals surface area contributed by atoms with Gasteiger partial charge in [0.05, 0.1) is 13.1 Å². The van der Waals surface area contributed by atoms with E-state index in [2.05, 4.69) is 85.3 Å². The maximum atomic E-state index is 7.61. The van der Waals surface area contributed by atoms with Crippen LogP contribution in [0.2, 0.25) is 0 Å². The van der Waals surface area contributed by atoms with Gasteiger partial charge in [0.2, 0.25) is 11.4 Å². The summed E-state index contributed by atoms with van der Waals surface area (Å²) in [7, 11) is 4.04. The number of hydrogen-bond acceptors (Lipinski definition) is 2. The Morgan fingerprint density at radius 2 is 1.00 bits per heavy atom. The minimum absolute atomic E-state index is 0.0200. The highest BCUT2D eigenvalue weighted by Gasteiger charge is 2.19. The van der Waals surface area contributed by atoms with Crippen LogP contribution in [0.3, 0.4) is 0 Å². The summed E-state index contributed by atoms with van der Waals surface area (Å²) < 4.78 is 0. The van der Waals surface area contributed by atoms with Gasteiger partial charge in [0.25, 0.3) is 0 Å². The average molecular weight is 403 g/mol. The molecule has 2 rings (SSSR count). The largest absolute Gasteiger partial charge is 0.382 e. The summed E-state index contributed by atoms with van der Waals surface area (Å²) in [6.45, 7) is 29.7. The van der Waals surface area contributed by atoms with Crippen LogP contribution in [0.25, 0.3) is 9.69 Å². The van der Waals surface area contributed by atoms with E-state index in [9.17, 15) is 0 Å². The molecule has 0 saturated carbocycles. The Morgan fingerprint density at radius 1 is 0.667 bits per heavy atom. The third kappa shape index (κ3) is 5.33. The van der Waals surface area contributed by atoms with Gasteiger partial charge in [-0.25, -0.2) is 9.69 Å². The van der Waals surface area contributed by atoms with Gasteiger partial charge in [0.15, 0.2) is 0 Å². The Kier molecular flexibility index (Phi) is 6.84. The normalized spacial score (nSPS) is 11.5. The Labute approximate surface area is 182 Å². The molecule has 0 aromatic heterocycles. The molecule has 0 radical (unpaired) electrons. The zero-order valence-corrected chi connectivity index (χ0v) is 19.7. The first-order valence-corrected chi connectivity index (χ1v) is 10.3. The number of rotatable bonds is 5. The molecule has 158 valence electrons. The van der Waals surface area contributed by atoms with Crippen molar-refractivity contribution in [3.05, 3.63) is 70.4 Å². The van der Waals surface area contributed by atoms with Crippen LogP contribution < -0.4 is 9.80 Å². The highest BCUT2D eigenvalue weighted by molar-refractivity contribution is 5.73. The molecule has 30 heavy (non-hydrogen) atoms. The van der Waals surface area contributed by atoms with Gasteiger partial charge in [-0.2, -0.15) is 0 Å². The standard InChI is InChI=1S/C26H34N4/c1-25(2,3)19-11-13-23(21(17-19)27-7)29(9)15-16-30(10)24-14-12-20(26(4,5)6)18-22(24)28-8/h11-14,17-18H,15-16H2,1-6,9-10H3. The lowest BCUT2D eigenvalue weighted by molar-refractivity contribution is 0.590. The van der Waals surface area contributed by atoms with Gasteiger partial charge in [-0.1, -0.05) is 76.9 Å². The highest BCUT2D eigenvalue weighted by atomic mass is 15.2. The molecule has 2 aromatic carbocycles. The van der Waals surface area contributed by atoms with Gasteiger partial charge in [-0.15, -0.1) is 0 Å². The average Bonchev–Trinajstić information content (AvgIpc) is 2.69. The second-order valence-corrected chi connectivity index (χ2v) is 9.97. The van der Waals surface area contributed by atoms with Gasteiger partial charge in [-0.05, 0) is 23.0 Å². The van der Waals surface area contributed by atoms with Crippen LogP contribution >= 0.6 is 0 Å².